The van der Waals surface area contributed by atoms with Crippen molar-refractivity contribution in [2.45, 2.75) is 0 Å². The smallest absolute Gasteiger partial charge is 0.260 e. The maximum atomic E-state index is 13.5. The van der Waals surface area contributed by atoms with Gasteiger partial charge in [0, 0.05) is 7.05 Å². The number of ether oxygens (including phenoxy) is 1. The summed E-state index contributed by atoms with van der Waals surface area (Å²) in [6.07, 6.45) is 2.48. The predicted octanol–water partition coefficient (Wildman–Crippen LogP) is 2.49. The molecule has 0 amide bonds. The summed E-state index contributed by atoms with van der Waals surface area (Å²) in [6, 6.07) is 6.83. The molecule has 2 N–H and O–H groups in total. The Morgan fingerprint density at radius 1 is 1.50 bits per heavy atom. The lowest BCUT2D eigenvalue weighted by Crippen LogP contribution is -2.28. The topological polar surface area (TPSA) is 71.4 Å². The fraction of sp³-hybridized carbons (Fsp3) is 0.0769. The number of rotatable bonds is 4. The van der Waals surface area contributed by atoms with Gasteiger partial charge >= 0.3 is 0 Å². The Hall–Kier alpha value is -2.32. The molecule has 0 fully saturated rings. The van der Waals surface area contributed by atoms with Gasteiger partial charge in [-0.05, 0) is 41.5 Å². The third-order valence-electron chi connectivity index (χ3n) is 2.36. The second kappa shape index (κ2) is 7.62. The number of thiocarbonyl (C=S) groups is 1. The molecular formula is C13H11ClFN5OS. The summed E-state index contributed by atoms with van der Waals surface area (Å²) in [6.45, 7) is 0. The minimum atomic E-state index is -0.704. The van der Waals surface area contributed by atoms with Crippen molar-refractivity contribution in [1.29, 1.82) is 0 Å². The zero-order valence-electron chi connectivity index (χ0n) is 11.4. The van der Waals surface area contributed by atoms with Crippen LogP contribution < -0.4 is 15.5 Å². The molecule has 114 valence electrons. The van der Waals surface area contributed by atoms with E-state index >= 15 is 0 Å². The highest BCUT2D eigenvalue weighted by molar-refractivity contribution is 7.80. The number of hydrazone groups is 1. The summed E-state index contributed by atoms with van der Waals surface area (Å²) in [4.78, 5) is 7.20. The van der Waals surface area contributed by atoms with Crippen LogP contribution in [0.4, 0.5) is 4.39 Å². The molecule has 0 bridgehead atoms. The van der Waals surface area contributed by atoms with Gasteiger partial charge in [0.2, 0.25) is 11.1 Å². The molecule has 1 aromatic heterocycles. The molecule has 9 heteroatoms. The molecule has 0 aliphatic carbocycles. The number of hydrogen-bond acceptors (Lipinski definition) is 5. The third-order valence-corrected chi connectivity index (χ3v) is 2.84. The van der Waals surface area contributed by atoms with E-state index in [1.54, 1.807) is 37.5 Å². The van der Waals surface area contributed by atoms with Crippen LogP contribution in [0.1, 0.15) is 5.56 Å². The fourth-order valence-corrected chi connectivity index (χ4v) is 1.57. The first-order valence-electron chi connectivity index (χ1n) is 6.05. The van der Waals surface area contributed by atoms with E-state index in [1.165, 1.54) is 0 Å². The van der Waals surface area contributed by atoms with Gasteiger partial charge in [0.1, 0.15) is 5.75 Å². The quantitative estimate of drug-likeness (QED) is 0.386. The highest BCUT2D eigenvalue weighted by atomic mass is 35.5. The van der Waals surface area contributed by atoms with Gasteiger partial charge in [-0.3, -0.25) is 5.43 Å². The van der Waals surface area contributed by atoms with E-state index in [2.05, 4.69) is 25.8 Å². The van der Waals surface area contributed by atoms with Crippen LogP contribution in [0.15, 0.2) is 35.6 Å². The Bertz CT molecular complexity index is 713. The molecule has 2 rings (SSSR count). The monoisotopic (exact) mass is 339 g/mol. The molecule has 0 saturated carbocycles. The average molecular weight is 340 g/mol. The van der Waals surface area contributed by atoms with E-state index in [4.69, 9.17) is 28.6 Å². The maximum Gasteiger partial charge on any atom is 0.260 e. The standard InChI is InChI=1S/C13H11ClFN5OS/c1-16-13(22)20-18-6-8-3-2-4-9(5-8)21-11-10(15)7-17-12(14)19-11/h2-7H,1H3,(H2,16,20,22). The van der Waals surface area contributed by atoms with Gasteiger partial charge < -0.3 is 10.1 Å². The molecule has 2 aromatic rings. The van der Waals surface area contributed by atoms with Gasteiger partial charge in [0.15, 0.2) is 5.11 Å². The first-order valence-corrected chi connectivity index (χ1v) is 6.84. The summed E-state index contributed by atoms with van der Waals surface area (Å²) in [7, 11) is 1.68. The fourth-order valence-electron chi connectivity index (χ4n) is 1.39. The molecule has 1 heterocycles. The minimum absolute atomic E-state index is 0.0982. The highest BCUT2D eigenvalue weighted by Crippen LogP contribution is 2.23. The van der Waals surface area contributed by atoms with Crippen LogP contribution in [-0.4, -0.2) is 28.3 Å². The van der Waals surface area contributed by atoms with Crippen molar-refractivity contribution in [1.82, 2.24) is 20.7 Å². The molecule has 6 nitrogen and oxygen atoms in total. The Labute approximate surface area is 136 Å². The van der Waals surface area contributed by atoms with Crippen molar-refractivity contribution < 1.29 is 9.13 Å². The summed E-state index contributed by atoms with van der Waals surface area (Å²) in [5.41, 5.74) is 3.34. The van der Waals surface area contributed by atoms with Crippen LogP contribution in [0.5, 0.6) is 11.6 Å². The molecule has 0 aliphatic rings. The zero-order valence-corrected chi connectivity index (χ0v) is 13.0. The van der Waals surface area contributed by atoms with Crippen molar-refractivity contribution >= 4 is 35.1 Å². The molecule has 0 aliphatic heterocycles. The zero-order chi connectivity index (χ0) is 15.9. The molecular weight excluding hydrogens is 329 g/mol. The van der Waals surface area contributed by atoms with Crippen LogP contribution >= 0.6 is 23.8 Å². The summed E-state index contributed by atoms with van der Waals surface area (Å²) < 4.78 is 18.9. The van der Waals surface area contributed by atoms with Crippen molar-refractivity contribution in [3.63, 3.8) is 0 Å². The van der Waals surface area contributed by atoms with Gasteiger partial charge in [0.25, 0.3) is 5.88 Å². The Morgan fingerprint density at radius 2 is 2.32 bits per heavy atom. The minimum Gasteiger partial charge on any atom is -0.436 e. The van der Waals surface area contributed by atoms with Crippen LogP contribution in [0.25, 0.3) is 0 Å². The predicted molar refractivity (Wildman–Crippen MR) is 85.9 cm³/mol. The van der Waals surface area contributed by atoms with E-state index in [0.717, 1.165) is 11.8 Å². The molecule has 22 heavy (non-hydrogen) atoms. The number of nitrogens with zero attached hydrogens (tertiary/aromatic N) is 3. The number of benzene rings is 1. The van der Waals surface area contributed by atoms with Gasteiger partial charge in [-0.15, -0.1) is 0 Å². The summed E-state index contributed by atoms with van der Waals surface area (Å²) >= 11 is 10.5. The van der Waals surface area contributed by atoms with E-state index in [-0.39, 0.29) is 11.2 Å². The maximum absolute atomic E-state index is 13.5. The number of aromatic nitrogens is 2. The third kappa shape index (κ3) is 4.61. The van der Waals surface area contributed by atoms with Crippen molar-refractivity contribution in [3.8, 4) is 11.6 Å². The molecule has 0 spiro atoms. The van der Waals surface area contributed by atoms with Gasteiger partial charge in [-0.2, -0.15) is 14.5 Å². The molecule has 0 saturated heterocycles. The second-order valence-corrected chi connectivity index (χ2v) is 4.66. The van der Waals surface area contributed by atoms with Crippen LogP contribution in [-0.2, 0) is 0 Å². The van der Waals surface area contributed by atoms with Gasteiger partial charge in [-0.1, -0.05) is 12.1 Å². The second-order valence-electron chi connectivity index (χ2n) is 3.92. The summed E-state index contributed by atoms with van der Waals surface area (Å²) in [5, 5.41) is 6.95. The Kier molecular flexibility index (Phi) is 5.56. The highest BCUT2D eigenvalue weighted by Gasteiger charge is 2.08. The largest absolute Gasteiger partial charge is 0.436 e. The SMILES string of the molecule is CNC(=S)NN=Cc1cccc(Oc2nc(Cl)ncc2F)c1. The van der Waals surface area contributed by atoms with Crippen LogP contribution in [0, 0.1) is 5.82 Å². The van der Waals surface area contributed by atoms with Gasteiger partial charge in [-0.25, -0.2) is 4.98 Å². The first kappa shape index (κ1) is 16.1. The lowest BCUT2D eigenvalue weighted by Gasteiger charge is -2.06. The average Bonchev–Trinajstić information content (AvgIpc) is 2.51. The van der Waals surface area contributed by atoms with Crippen molar-refractivity contribution in [2.24, 2.45) is 5.10 Å². The molecule has 0 radical (unpaired) electrons. The van der Waals surface area contributed by atoms with Crippen molar-refractivity contribution in [2.75, 3.05) is 7.05 Å². The summed E-state index contributed by atoms with van der Waals surface area (Å²) in [5.74, 6) is -0.568. The van der Waals surface area contributed by atoms with Crippen molar-refractivity contribution in [3.05, 3.63) is 47.1 Å². The first-order chi connectivity index (χ1) is 10.6. The van der Waals surface area contributed by atoms with E-state index in [0.29, 0.717) is 10.9 Å². The van der Waals surface area contributed by atoms with Crippen LogP contribution in [0.3, 0.4) is 0 Å². The van der Waals surface area contributed by atoms with Gasteiger partial charge in [0.05, 0.1) is 12.4 Å². The number of hydrogen-bond donors (Lipinski definition) is 2. The van der Waals surface area contributed by atoms with E-state index < -0.39 is 5.82 Å². The molecule has 1 aromatic carbocycles. The number of nitrogens with one attached hydrogen (secondary N) is 2. The van der Waals surface area contributed by atoms with E-state index in [1.807, 2.05) is 0 Å². The van der Waals surface area contributed by atoms with Crippen LogP contribution in [0.2, 0.25) is 5.28 Å². The lowest BCUT2D eigenvalue weighted by molar-refractivity contribution is 0.420. The lowest BCUT2D eigenvalue weighted by atomic mass is 10.2. The molecule has 0 atom stereocenters. The normalized spacial score (nSPS) is 10.5. The Morgan fingerprint density at radius 3 is 3.09 bits per heavy atom. The van der Waals surface area contributed by atoms with E-state index in [9.17, 15) is 4.39 Å². The Balaban J connectivity index is 2.11. The number of halogens is 2. The molecule has 0 unspecified atom stereocenters.